The van der Waals surface area contributed by atoms with Gasteiger partial charge in [0.25, 0.3) is 0 Å². The predicted molar refractivity (Wildman–Crippen MR) is 188 cm³/mol. The Bertz CT molecular complexity index is 1030. The van der Waals surface area contributed by atoms with Gasteiger partial charge in [-0.1, -0.05) is 26.7 Å². The van der Waals surface area contributed by atoms with Crippen molar-refractivity contribution >= 4 is 36.4 Å². The maximum Gasteiger partial charge on any atom is 0.167 e. The van der Waals surface area contributed by atoms with Crippen LogP contribution in [0.3, 0.4) is 0 Å². The van der Waals surface area contributed by atoms with Crippen LogP contribution in [0.4, 0.5) is 0 Å². The number of hydrogen-bond acceptors (Lipinski definition) is 8. The number of Topliss-reactive ketones (excluding diaryl/α,β-unsaturated/α-hetero) is 2. The molecule has 46 heavy (non-hydrogen) atoms. The summed E-state index contributed by atoms with van der Waals surface area (Å²) in [5, 5.41) is 0. The number of unbranched alkanes of at least 4 members (excludes halogenated alkanes) is 1. The average Bonchev–Trinajstić information content (AvgIpc) is 3.08. The molecule has 4 rings (SSSR count). The smallest absolute Gasteiger partial charge is 0.167 e. The van der Waals surface area contributed by atoms with Gasteiger partial charge in [0.05, 0.1) is 39.6 Å². The first kappa shape index (κ1) is 40.0. The molecule has 2 aromatic carbocycles. The summed E-state index contributed by atoms with van der Waals surface area (Å²) in [6, 6.07) is 15.2. The van der Waals surface area contributed by atoms with Crippen LogP contribution in [-0.2, 0) is 9.47 Å². The molecule has 0 spiro atoms. The van der Waals surface area contributed by atoms with Gasteiger partial charge in [-0.2, -0.15) is 0 Å². The molecule has 0 aliphatic carbocycles. The summed E-state index contributed by atoms with van der Waals surface area (Å²) in [6.07, 6.45) is 5.28. The van der Waals surface area contributed by atoms with E-state index in [0.29, 0.717) is 39.6 Å². The number of benzene rings is 2. The molecule has 2 heterocycles. The maximum atomic E-state index is 13.7. The normalized spacial score (nSPS) is 16.8. The van der Waals surface area contributed by atoms with Crippen LogP contribution < -0.4 is 9.47 Å². The zero-order valence-corrected chi connectivity index (χ0v) is 29.3. The van der Waals surface area contributed by atoms with Crippen molar-refractivity contribution in [3.05, 3.63) is 59.7 Å². The number of carbonyl (C=O) groups is 2. The van der Waals surface area contributed by atoms with Gasteiger partial charge < -0.3 is 18.9 Å². The monoisotopic (exact) mass is 680 g/mol. The minimum Gasteiger partial charge on any atom is -0.494 e. The van der Waals surface area contributed by atoms with Crippen molar-refractivity contribution in [1.82, 2.24) is 9.80 Å². The molecule has 0 N–H and O–H groups in total. The van der Waals surface area contributed by atoms with Crippen molar-refractivity contribution in [2.24, 2.45) is 11.8 Å². The zero-order chi connectivity index (χ0) is 31.0. The number of rotatable bonds is 19. The van der Waals surface area contributed by atoms with E-state index in [4.69, 9.17) is 18.9 Å². The van der Waals surface area contributed by atoms with Gasteiger partial charge in [0.15, 0.2) is 11.6 Å². The summed E-state index contributed by atoms with van der Waals surface area (Å²) >= 11 is 0. The molecular weight excluding hydrogens is 627 g/mol. The summed E-state index contributed by atoms with van der Waals surface area (Å²) in [7, 11) is 0. The van der Waals surface area contributed by atoms with E-state index in [-0.39, 0.29) is 48.2 Å². The van der Waals surface area contributed by atoms with Crippen LogP contribution in [0.2, 0.25) is 0 Å². The quantitative estimate of drug-likeness (QED) is 0.121. The molecule has 0 amide bonds. The van der Waals surface area contributed by atoms with Gasteiger partial charge in [0, 0.05) is 62.2 Å². The Kier molecular flexibility index (Phi) is 19.5. The van der Waals surface area contributed by atoms with E-state index in [0.717, 1.165) is 100 Å². The van der Waals surface area contributed by atoms with E-state index in [1.54, 1.807) is 0 Å². The van der Waals surface area contributed by atoms with Crippen LogP contribution >= 0.6 is 24.8 Å². The van der Waals surface area contributed by atoms with Crippen molar-refractivity contribution in [2.45, 2.75) is 52.4 Å². The van der Waals surface area contributed by atoms with E-state index in [2.05, 4.69) is 23.6 Å². The minimum absolute atomic E-state index is 0. The standard InChI is InChI=1S/C36H52N2O6.2ClH/c1-3-21-43-33-13-9-29(10-14-33)35(39)31(27-37-17-23-41-24-18-37)7-5-6-8-32(28-38-19-25-42-26-20-38)36(40)30-11-15-34(16-12-30)44-22-4-2;;/h9-16,31-32H,3-8,17-28H2,1-2H3;2*1H. The fourth-order valence-corrected chi connectivity index (χ4v) is 5.92. The fourth-order valence-electron chi connectivity index (χ4n) is 5.92. The van der Waals surface area contributed by atoms with E-state index in [1.165, 1.54) is 0 Å². The Balaban J connectivity index is 0.00000368. The van der Waals surface area contributed by atoms with Gasteiger partial charge in [0.2, 0.25) is 0 Å². The lowest BCUT2D eigenvalue weighted by Gasteiger charge is -2.31. The number of carbonyl (C=O) groups excluding carboxylic acids is 2. The summed E-state index contributed by atoms with van der Waals surface area (Å²) in [5.41, 5.74) is 1.47. The number of ketones is 2. The van der Waals surface area contributed by atoms with Crippen LogP contribution in [0.5, 0.6) is 11.5 Å². The molecule has 2 fully saturated rings. The molecule has 258 valence electrons. The first-order valence-corrected chi connectivity index (χ1v) is 16.7. The highest BCUT2D eigenvalue weighted by atomic mass is 35.5. The lowest BCUT2D eigenvalue weighted by Crippen LogP contribution is -2.41. The van der Waals surface area contributed by atoms with Crippen molar-refractivity contribution in [1.29, 1.82) is 0 Å². The largest absolute Gasteiger partial charge is 0.494 e. The Labute approximate surface area is 288 Å². The highest BCUT2D eigenvalue weighted by Crippen LogP contribution is 2.24. The van der Waals surface area contributed by atoms with Gasteiger partial charge >= 0.3 is 0 Å². The van der Waals surface area contributed by atoms with Gasteiger partial charge in [-0.05, 0) is 74.2 Å². The first-order valence-electron chi connectivity index (χ1n) is 16.7. The highest BCUT2D eigenvalue weighted by molar-refractivity contribution is 5.98. The van der Waals surface area contributed by atoms with Crippen molar-refractivity contribution in [2.75, 3.05) is 78.9 Å². The molecule has 2 aliphatic heterocycles. The van der Waals surface area contributed by atoms with Crippen molar-refractivity contribution in [3.63, 3.8) is 0 Å². The van der Waals surface area contributed by atoms with Crippen LogP contribution in [-0.4, -0.2) is 100 Å². The van der Waals surface area contributed by atoms with Crippen molar-refractivity contribution in [3.8, 4) is 11.5 Å². The van der Waals surface area contributed by atoms with Gasteiger partial charge in [0.1, 0.15) is 11.5 Å². The summed E-state index contributed by atoms with van der Waals surface area (Å²) in [6.45, 7) is 13.2. The Morgan fingerprint density at radius 1 is 0.630 bits per heavy atom. The van der Waals surface area contributed by atoms with E-state index >= 15 is 0 Å². The molecule has 2 atom stereocenters. The second kappa shape index (κ2) is 22.4. The lowest BCUT2D eigenvalue weighted by atomic mass is 9.88. The van der Waals surface area contributed by atoms with Gasteiger partial charge in [-0.15, -0.1) is 24.8 Å². The van der Waals surface area contributed by atoms with Crippen LogP contribution in [0.1, 0.15) is 73.1 Å². The molecule has 8 nitrogen and oxygen atoms in total. The SMILES string of the molecule is CCCOc1ccc(C(=O)C(CCCCC(CN2CCOCC2)C(=O)c2ccc(OCCC)cc2)CN2CCOCC2)cc1.Cl.Cl. The number of nitrogens with zero attached hydrogens (tertiary/aromatic N) is 2. The van der Waals surface area contributed by atoms with E-state index in [9.17, 15) is 9.59 Å². The van der Waals surface area contributed by atoms with E-state index < -0.39 is 0 Å². The number of morpholine rings is 2. The molecule has 0 radical (unpaired) electrons. The highest BCUT2D eigenvalue weighted by Gasteiger charge is 2.26. The topological polar surface area (TPSA) is 77.5 Å². The number of halogens is 2. The average molecular weight is 682 g/mol. The first-order chi connectivity index (χ1) is 21.6. The number of hydrogen-bond donors (Lipinski definition) is 0. The third-order valence-electron chi connectivity index (χ3n) is 8.48. The second-order valence-corrected chi connectivity index (χ2v) is 12.0. The molecule has 2 aliphatic rings. The summed E-state index contributed by atoms with van der Waals surface area (Å²) in [4.78, 5) is 32.2. The maximum absolute atomic E-state index is 13.7. The molecule has 0 aromatic heterocycles. The lowest BCUT2D eigenvalue weighted by molar-refractivity contribution is 0.0283. The Morgan fingerprint density at radius 3 is 1.30 bits per heavy atom. The van der Waals surface area contributed by atoms with Crippen LogP contribution in [0, 0.1) is 11.8 Å². The van der Waals surface area contributed by atoms with Crippen molar-refractivity contribution < 1.29 is 28.5 Å². The Hall–Kier alpha value is -2.20. The predicted octanol–water partition coefficient (Wildman–Crippen LogP) is 6.63. The molecule has 0 bridgehead atoms. The third kappa shape index (κ3) is 13.1. The van der Waals surface area contributed by atoms with E-state index in [1.807, 2.05) is 48.5 Å². The molecule has 2 aromatic rings. The summed E-state index contributed by atoms with van der Waals surface area (Å²) < 4.78 is 22.5. The minimum atomic E-state index is -0.0976. The van der Waals surface area contributed by atoms with Crippen LogP contribution in [0.15, 0.2) is 48.5 Å². The third-order valence-corrected chi connectivity index (χ3v) is 8.48. The number of ether oxygens (including phenoxy) is 4. The van der Waals surface area contributed by atoms with Gasteiger partial charge in [-0.25, -0.2) is 0 Å². The van der Waals surface area contributed by atoms with Gasteiger partial charge in [-0.3, -0.25) is 19.4 Å². The molecule has 0 saturated carbocycles. The fraction of sp³-hybridized carbons (Fsp3) is 0.611. The Morgan fingerprint density at radius 2 is 0.978 bits per heavy atom. The molecule has 10 heteroatoms. The summed E-state index contributed by atoms with van der Waals surface area (Å²) in [5.74, 6) is 1.77. The molecule has 2 unspecified atom stereocenters. The second-order valence-electron chi connectivity index (χ2n) is 12.0. The molecular formula is C36H54Cl2N2O6. The zero-order valence-electron chi connectivity index (χ0n) is 27.7. The molecule has 2 saturated heterocycles. The van der Waals surface area contributed by atoms with Crippen LogP contribution in [0.25, 0.3) is 0 Å².